The number of hydrogen-bond donors (Lipinski definition) is 3. The van der Waals surface area contributed by atoms with Crippen molar-refractivity contribution in [3.8, 4) is 5.75 Å². The molecule has 0 bridgehead atoms. The number of rotatable bonds is 3. The number of aliphatic hydroxyl groups excluding tert-OH is 1. The molecule has 0 aliphatic carbocycles. The standard InChI is InChI=1S/C24H24O7/c1-14-11-12-15-7-5-6-10-17(15)19(14)30-21-20-18(29-23(25)24(21,26)27)13-28-22(31-20)16-8-3-2-4-9-16/h2-12,18,20-23,25-27H,13H2,1H3/t18-,20-,21+,22?,23-/m1/s1. The third-order valence-electron chi connectivity index (χ3n) is 5.84. The van der Waals surface area contributed by atoms with Crippen LogP contribution < -0.4 is 4.74 Å². The van der Waals surface area contributed by atoms with Crippen LogP contribution in [-0.4, -0.2) is 52.3 Å². The van der Waals surface area contributed by atoms with Crippen LogP contribution in [0.15, 0.2) is 66.7 Å². The molecule has 2 saturated heterocycles. The maximum Gasteiger partial charge on any atom is 0.256 e. The summed E-state index contributed by atoms with van der Waals surface area (Å²) in [4.78, 5) is 0. The molecule has 7 nitrogen and oxygen atoms in total. The fraction of sp³-hybridized carbons (Fsp3) is 0.333. The van der Waals surface area contributed by atoms with Crippen molar-refractivity contribution in [2.75, 3.05) is 6.61 Å². The first-order chi connectivity index (χ1) is 14.9. The molecular weight excluding hydrogens is 400 g/mol. The molecule has 31 heavy (non-hydrogen) atoms. The van der Waals surface area contributed by atoms with Gasteiger partial charge in [0.25, 0.3) is 5.79 Å². The maximum atomic E-state index is 10.8. The van der Waals surface area contributed by atoms with Gasteiger partial charge in [-0.1, -0.05) is 66.7 Å². The van der Waals surface area contributed by atoms with Crippen molar-refractivity contribution in [3.05, 3.63) is 77.9 Å². The van der Waals surface area contributed by atoms with Crippen LogP contribution in [0.2, 0.25) is 0 Å². The van der Waals surface area contributed by atoms with Gasteiger partial charge in [0, 0.05) is 10.9 Å². The lowest BCUT2D eigenvalue weighted by atomic mass is 9.94. The van der Waals surface area contributed by atoms with Crippen LogP contribution >= 0.6 is 0 Å². The zero-order chi connectivity index (χ0) is 21.6. The van der Waals surface area contributed by atoms with Crippen molar-refractivity contribution >= 4 is 10.8 Å². The number of aliphatic hydroxyl groups is 3. The van der Waals surface area contributed by atoms with Crippen molar-refractivity contribution < 1.29 is 34.3 Å². The number of benzene rings is 3. The molecule has 0 saturated carbocycles. The lowest BCUT2D eigenvalue weighted by Gasteiger charge is -2.49. The van der Waals surface area contributed by atoms with Crippen LogP contribution in [0.4, 0.5) is 0 Å². The Balaban J connectivity index is 1.52. The Bertz CT molecular complexity index is 1070. The topological polar surface area (TPSA) is 97.6 Å². The number of aryl methyl sites for hydroxylation is 1. The first-order valence-electron chi connectivity index (χ1n) is 10.2. The van der Waals surface area contributed by atoms with E-state index in [9.17, 15) is 15.3 Å². The Kier molecular flexibility index (Phi) is 5.18. The van der Waals surface area contributed by atoms with Gasteiger partial charge in [0.2, 0.25) is 6.29 Å². The summed E-state index contributed by atoms with van der Waals surface area (Å²) in [6, 6.07) is 20.9. The van der Waals surface area contributed by atoms with Gasteiger partial charge in [0.15, 0.2) is 12.4 Å². The molecule has 5 atom stereocenters. The minimum atomic E-state index is -2.69. The summed E-state index contributed by atoms with van der Waals surface area (Å²) in [5.74, 6) is -2.20. The Morgan fingerprint density at radius 2 is 1.68 bits per heavy atom. The molecule has 2 fully saturated rings. The summed E-state index contributed by atoms with van der Waals surface area (Å²) in [6.45, 7) is 1.98. The quantitative estimate of drug-likeness (QED) is 0.556. The van der Waals surface area contributed by atoms with Crippen molar-refractivity contribution in [1.82, 2.24) is 0 Å². The molecule has 3 N–H and O–H groups in total. The van der Waals surface area contributed by atoms with E-state index in [1.54, 1.807) is 0 Å². The third-order valence-corrected chi connectivity index (χ3v) is 5.84. The highest BCUT2D eigenvalue weighted by molar-refractivity contribution is 5.89. The highest BCUT2D eigenvalue weighted by Crippen LogP contribution is 2.40. The second-order valence-corrected chi connectivity index (χ2v) is 7.96. The Morgan fingerprint density at radius 1 is 0.935 bits per heavy atom. The molecule has 3 aromatic rings. The molecule has 162 valence electrons. The van der Waals surface area contributed by atoms with Gasteiger partial charge in [-0.3, -0.25) is 0 Å². The molecule has 0 amide bonds. The van der Waals surface area contributed by atoms with E-state index in [0.717, 1.165) is 21.9 Å². The van der Waals surface area contributed by atoms with Gasteiger partial charge in [-0.25, -0.2) is 0 Å². The Labute approximate surface area is 179 Å². The number of fused-ring (bicyclic) bond motifs is 2. The molecule has 0 spiro atoms. The molecule has 1 unspecified atom stereocenters. The Morgan fingerprint density at radius 3 is 2.48 bits per heavy atom. The molecular formula is C24H24O7. The smallest absolute Gasteiger partial charge is 0.256 e. The summed E-state index contributed by atoms with van der Waals surface area (Å²) in [6.07, 6.45) is -5.55. The molecule has 2 aliphatic rings. The van der Waals surface area contributed by atoms with Crippen LogP contribution in [0.5, 0.6) is 5.75 Å². The molecule has 3 aromatic carbocycles. The molecule has 2 heterocycles. The minimum absolute atomic E-state index is 0.103. The van der Waals surface area contributed by atoms with Crippen LogP contribution in [-0.2, 0) is 14.2 Å². The van der Waals surface area contributed by atoms with Crippen molar-refractivity contribution in [3.63, 3.8) is 0 Å². The van der Waals surface area contributed by atoms with Crippen LogP contribution in [0.3, 0.4) is 0 Å². The van der Waals surface area contributed by atoms with Crippen LogP contribution in [0.25, 0.3) is 10.8 Å². The third kappa shape index (κ3) is 3.59. The molecule has 0 radical (unpaired) electrons. The van der Waals surface area contributed by atoms with E-state index < -0.39 is 36.7 Å². The summed E-state index contributed by atoms with van der Waals surface area (Å²) in [7, 11) is 0. The van der Waals surface area contributed by atoms with Gasteiger partial charge < -0.3 is 34.3 Å². The van der Waals surface area contributed by atoms with Crippen molar-refractivity contribution in [1.29, 1.82) is 0 Å². The fourth-order valence-electron chi connectivity index (χ4n) is 4.15. The van der Waals surface area contributed by atoms with Gasteiger partial charge in [-0.05, 0) is 17.9 Å². The fourth-order valence-corrected chi connectivity index (χ4v) is 4.15. The lowest BCUT2D eigenvalue weighted by molar-refractivity contribution is -0.421. The van der Waals surface area contributed by atoms with E-state index >= 15 is 0 Å². The lowest BCUT2D eigenvalue weighted by Crippen LogP contribution is -2.70. The average Bonchev–Trinajstić information content (AvgIpc) is 2.78. The molecule has 0 aromatic heterocycles. The van der Waals surface area contributed by atoms with E-state index in [0.29, 0.717) is 5.75 Å². The SMILES string of the molecule is Cc1ccc2ccccc2c1O[C@H]1[C@@H]2OC(c3ccccc3)OC[C@H]2O[C@@H](O)C1(O)O. The number of hydrogen-bond acceptors (Lipinski definition) is 7. The normalized spacial score (nSPS) is 30.0. The monoisotopic (exact) mass is 424 g/mol. The van der Waals surface area contributed by atoms with Crippen LogP contribution in [0.1, 0.15) is 17.4 Å². The van der Waals surface area contributed by atoms with E-state index in [1.165, 1.54) is 0 Å². The van der Waals surface area contributed by atoms with E-state index in [-0.39, 0.29) is 6.61 Å². The average molecular weight is 424 g/mol. The second-order valence-electron chi connectivity index (χ2n) is 7.96. The Hall–Kier alpha value is -2.52. The largest absolute Gasteiger partial charge is 0.481 e. The minimum Gasteiger partial charge on any atom is -0.481 e. The van der Waals surface area contributed by atoms with Gasteiger partial charge in [0.05, 0.1) is 6.61 Å². The summed E-state index contributed by atoms with van der Waals surface area (Å²) in [5, 5.41) is 33.6. The summed E-state index contributed by atoms with van der Waals surface area (Å²) >= 11 is 0. The summed E-state index contributed by atoms with van der Waals surface area (Å²) < 4.78 is 23.5. The molecule has 5 rings (SSSR count). The zero-order valence-corrected chi connectivity index (χ0v) is 16.9. The van der Waals surface area contributed by atoms with E-state index in [2.05, 4.69) is 0 Å². The highest BCUT2D eigenvalue weighted by Gasteiger charge is 2.59. The van der Waals surface area contributed by atoms with Crippen molar-refractivity contribution in [2.24, 2.45) is 0 Å². The summed E-state index contributed by atoms with van der Waals surface area (Å²) in [5.41, 5.74) is 1.60. The first kappa shape index (κ1) is 20.4. The van der Waals surface area contributed by atoms with Crippen molar-refractivity contribution in [2.45, 2.75) is 43.6 Å². The van der Waals surface area contributed by atoms with Gasteiger partial charge in [-0.15, -0.1) is 0 Å². The molecule has 2 aliphatic heterocycles. The predicted molar refractivity (Wildman–Crippen MR) is 111 cm³/mol. The predicted octanol–water partition coefficient (Wildman–Crippen LogP) is 2.41. The highest BCUT2D eigenvalue weighted by atomic mass is 16.8. The van der Waals surface area contributed by atoms with Crippen LogP contribution in [0, 0.1) is 6.92 Å². The number of ether oxygens (including phenoxy) is 4. The second kappa shape index (κ2) is 7.87. The maximum absolute atomic E-state index is 10.8. The first-order valence-corrected chi connectivity index (χ1v) is 10.2. The molecule has 7 heteroatoms. The van der Waals surface area contributed by atoms with Gasteiger partial charge >= 0.3 is 0 Å². The van der Waals surface area contributed by atoms with E-state index in [1.807, 2.05) is 73.7 Å². The van der Waals surface area contributed by atoms with Gasteiger partial charge in [-0.2, -0.15) is 0 Å². The van der Waals surface area contributed by atoms with Gasteiger partial charge in [0.1, 0.15) is 18.0 Å². The zero-order valence-electron chi connectivity index (χ0n) is 16.9. The van der Waals surface area contributed by atoms with E-state index in [4.69, 9.17) is 18.9 Å².